The molecule has 0 unspecified atom stereocenters. The van der Waals surface area contributed by atoms with E-state index in [4.69, 9.17) is 20.0 Å². The van der Waals surface area contributed by atoms with Gasteiger partial charge < -0.3 is 9.97 Å². The van der Waals surface area contributed by atoms with Crippen molar-refractivity contribution < 1.29 is 17.1 Å². The normalized spacial score (nSPS) is 16.0. The molecule has 1 radical (unpaired) electrons. The Balaban J connectivity index is 0.000000158. The molecule has 69 heavy (non-hydrogen) atoms. The number of nitrogens with zero attached hydrogens (tertiary/aromatic N) is 4. The molecule has 12 rings (SSSR count). The Morgan fingerprint density at radius 1 is 0.435 bits per heavy atom. The van der Waals surface area contributed by atoms with Gasteiger partial charge in [-0.25, -0.2) is 9.98 Å². The van der Waals surface area contributed by atoms with Crippen LogP contribution in [0.4, 0.5) is 0 Å². The topological polar surface area (TPSA) is 52.9 Å². The summed E-state index contributed by atoms with van der Waals surface area (Å²) < 4.78 is 2.20. The zero-order chi connectivity index (χ0) is 47.1. The first-order valence-corrected chi connectivity index (χ1v) is 25.3. The summed E-state index contributed by atoms with van der Waals surface area (Å²) in [5, 5.41) is 4.76. The summed E-state index contributed by atoms with van der Waals surface area (Å²) in [6.07, 6.45) is 8.44. The van der Waals surface area contributed by atoms with Crippen LogP contribution in [-0.4, -0.2) is 11.4 Å². The first-order chi connectivity index (χ1) is 32.8. The van der Waals surface area contributed by atoms with Crippen LogP contribution < -0.4 is 9.97 Å². The average molecular weight is 1080 g/mol. The number of halogens is 2. The number of allylic oxidation sites excluding steroid dienone is 4. The number of hydrogen-bond acceptors (Lipinski definition) is 2. The van der Waals surface area contributed by atoms with E-state index in [-0.39, 0.29) is 17.1 Å². The summed E-state index contributed by atoms with van der Waals surface area (Å²) in [6.45, 7) is 17.4. The van der Waals surface area contributed by atoms with Crippen molar-refractivity contribution in [1.29, 1.82) is 0 Å². The van der Waals surface area contributed by atoms with Crippen molar-refractivity contribution in [3.8, 4) is 22.5 Å². The minimum atomic E-state index is 0. The van der Waals surface area contributed by atoms with Gasteiger partial charge in [0.15, 0.2) is 0 Å². The minimum absolute atomic E-state index is 0. The van der Waals surface area contributed by atoms with Crippen molar-refractivity contribution >= 4 is 77.0 Å². The fraction of sp³-hybridized carbons (Fsp3) is 0.194. The van der Waals surface area contributed by atoms with E-state index in [9.17, 15) is 0 Å². The molecule has 2 aliphatic carbocycles. The molecule has 0 N–H and O–H groups in total. The summed E-state index contributed by atoms with van der Waals surface area (Å²) in [5.41, 5.74) is 28.7. The van der Waals surface area contributed by atoms with Crippen molar-refractivity contribution in [2.24, 2.45) is 9.98 Å². The molecule has 0 saturated heterocycles. The molecule has 0 amide bonds. The molecule has 4 nitrogen and oxygen atoms in total. The second-order valence-electron chi connectivity index (χ2n) is 19.2. The quantitative estimate of drug-likeness (QED) is 0.165. The maximum absolute atomic E-state index is 5.22. The fourth-order valence-electron chi connectivity index (χ4n) is 11.1. The van der Waals surface area contributed by atoms with Crippen LogP contribution in [0.15, 0.2) is 151 Å². The van der Waals surface area contributed by atoms with E-state index >= 15 is 0 Å². The third-order valence-electron chi connectivity index (χ3n) is 14.1. The Morgan fingerprint density at radius 3 is 1.20 bits per heavy atom. The second-order valence-corrected chi connectivity index (χ2v) is 20.8. The number of aromatic nitrogens is 2. The van der Waals surface area contributed by atoms with Crippen molar-refractivity contribution in [2.45, 2.75) is 81.1 Å². The molecular formula is C62H52Br2CuN4. The van der Waals surface area contributed by atoms with Crippen LogP contribution in [0.5, 0.6) is 0 Å². The smallest absolute Gasteiger partial charge is 0.656 e. The van der Waals surface area contributed by atoms with Crippen LogP contribution in [0, 0.1) is 55.4 Å². The Morgan fingerprint density at radius 2 is 0.812 bits per heavy atom. The van der Waals surface area contributed by atoms with E-state index in [0.29, 0.717) is 0 Å². The van der Waals surface area contributed by atoms with E-state index in [1.165, 1.54) is 111 Å². The van der Waals surface area contributed by atoms with Gasteiger partial charge in [0.2, 0.25) is 0 Å². The Hall–Kier alpha value is -5.82. The number of rotatable bonds is 4. The fourth-order valence-corrected chi connectivity index (χ4v) is 12.3. The van der Waals surface area contributed by atoms with Gasteiger partial charge in [-0.3, -0.25) is 0 Å². The van der Waals surface area contributed by atoms with Gasteiger partial charge in [-0.05, 0) is 202 Å². The Bertz CT molecular complexity index is 3390. The number of aryl methyl sites for hydroxylation is 10. The van der Waals surface area contributed by atoms with Crippen LogP contribution in [0.3, 0.4) is 0 Å². The minimum Gasteiger partial charge on any atom is -0.656 e. The van der Waals surface area contributed by atoms with Gasteiger partial charge in [-0.15, -0.1) is 22.8 Å². The summed E-state index contributed by atoms with van der Waals surface area (Å²) >= 11 is 7.77. The van der Waals surface area contributed by atoms with Gasteiger partial charge in [0.25, 0.3) is 0 Å². The first kappa shape index (κ1) is 46.9. The van der Waals surface area contributed by atoms with E-state index in [2.05, 4.69) is 209 Å². The number of benzene rings is 6. The van der Waals surface area contributed by atoms with Crippen LogP contribution >= 0.6 is 31.9 Å². The van der Waals surface area contributed by atoms with E-state index < -0.39 is 0 Å². The molecule has 2 aliphatic heterocycles. The predicted molar refractivity (Wildman–Crippen MR) is 294 cm³/mol. The van der Waals surface area contributed by atoms with E-state index in [1.807, 2.05) is 0 Å². The summed E-state index contributed by atoms with van der Waals surface area (Å²) in [7, 11) is 0. The maximum Gasteiger partial charge on any atom is 2.00 e. The zero-order valence-electron chi connectivity index (χ0n) is 40.2. The summed E-state index contributed by atoms with van der Waals surface area (Å²) in [6, 6.07) is 39.6. The van der Waals surface area contributed by atoms with E-state index in [1.54, 1.807) is 0 Å². The second kappa shape index (κ2) is 18.5. The number of aliphatic imine (C=N–C) groups is 2. The molecule has 4 aliphatic rings. The summed E-state index contributed by atoms with van der Waals surface area (Å²) in [5.74, 6) is 0. The van der Waals surface area contributed by atoms with Crippen molar-refractivity contribution in [1.82, 2.24) is 9.97 Å². The van der Waals surface area contributed by atoms with E-state index in [0.717, 1.165) is 80.2 Å². The molecule has 0 spiro atoms. The van der Waals surface area contributed by atoms with Gasteiger partial charge in [0, 0.05) is 20.1 Å². The molecule has 0 atom stereocenters. The maximum atomic E-state index is 5.22. The largest absolute Gasteiger partial charge is 2.00 e. The number of fused-ring (bicyclic) bond motifs is 8. The van der Waals surface area contributed by atoms with Crippen molar-refractivity contribution in [3.05, 3.63) is 219 Å². The van der Waals surface area contributed by atoms with Crippen molar-refractivity contribution in [2.75, 3.05) is 0 Å². The van der Waals surface area contributed by atoms with Gasteiger partial charge in [0.05, 0.1) is 22.8 Å². The molecule has 0 fully saturated rings. The molecule has 0 bridgehead atoms. The summed E-state index contributed by atoms with van der Waals surface area (Å²) in [4.78, 5) is 20.6. The molecule has 4 heterocycles. The molecule has 2 aromatic heterocycles. The standard InChI is InChI=1S/2C31H26BrN2.Cu/c2*1-17-9-11-23-25(15-17)31(28-19(3)13-18(2)14-20(28)4)33-26(23)16-27-29(32)24-12-10-21-7-5-6-8-22(21)30(24)34-27;/h2*5-9,11,13-16H,10,12H2,1-4H3;/q2*-1;+2. The zero-order valence-corrected chi connectivity index (χ0v) is 44.3. The third-order valence-corrected chi connectivity index (χ3v) is 15.9. The van der Waals surface area contributed by atoms with Gasteiger partial charge in [-0.2, -0.15) is 0 Å². The molecule has 7 heteroatoms. The molecule has 0 saturated carbocycles. The predicted octanol–water partition coefficient (Wildman–Crippen LogP) is 16.3. The number of hydrogen-bond donors (Lipinski definition) is 0. The third kappa shape index (κ3) is 8.35. The monoisotopic (exact) mass is 1070 g/mol. The van der Waals surface area contributed by atoms with Crippen LogP contribution in [0.1, 0.15) is 91.0 Å². The van der Waals surface area contributed by atoms with Gasteiger partial charge in [0.1, 0.15) is 0 Å². The molecule has 6 aromatic carbocycles. The van der Waals surface area contributed by atoms with Gasteiger partial charge >= 0.3 is 17.1 Å². The molecule has 345 valence electrons. The average Bonchev–Trinajstić information content (AvgIpc) is 4.03. The van der Waals surface area contributed by atoms with Crippen LogP contribution in [-0.2, 0) is 29.9 Å². The SMILES string of the molecule is Cc1cc(C)c(-c2[n-]c(C=C3N=C4C(=C3Br)CCc3ccccc34)c3ccc(C)cc23)c(C)c1.Cc1cc(C)c(-c2[n-]c(C=C3N=C4C(=C3Br)CCc3ccccc34)c3ccc(C)cc23)c(C)c1.[Cu+2]. The molecular weight excluding hydrogens is 1020 g/mol. The molecule has 8 aromatic rings. The Labute approximate surface area is 433 Å². The van der Waals surface area contributed by atoms with Crippen LogP contribution in [0.2, 0.25) is 0 Å². The van der Waals surface area contributed by atoms with Crippen LogP contribution in [0.25, 0.3) is 56.2 Å². The first-order valence-electron chi connectivity index (χ1n) is 23.7. The Kier molecular flexibility index (Phi) is 12.6. The van der Waals surface area contributed by atoms with Crippen molar-refractivity contribution in [3.63, 3.8) is 0 Å². The van der Waals surface area contributed by atoms with Gasteiger partial charge in [-0.1, -0.05) is 131 Å².